The van der Waals surface area contributed by atoms with Gasteiger partial charge in [-0.05, 0) is 28.1 Å². The lowest BCUT2D eigenvalue weighted by atomic mass is 10.2. The fraction of sp³-hybridized carbons (Fsp3) is 0.222. The molecule has 0 spiro atoms. The van der Waals surface area contributed by atoms with E-state index in [0.29, 0.717) is 10.2 Å². The van der Waals surface area contributed by atoms with Gasteiger partial charge in [-0.15, -0.1) is 0 Å². The van der Waals surface area contributed by atoms with E-state index in [9.17, 15) is 9.18 Å². The van der Waals surface area contributed by atoms with E-state index >= 15 is 0 Å². The van der Waals surface area contributed by atoms with Crippen LogP contribution in [0.1, 0.15) is 0 Å². The minimum atomic E-state index is -0.471. The molecule has 1 aliphatic rings. The van der Waals surface area contributed by atoms with Crippen LogP contribution in [0.4, 0.5) is 10.1 Å². The van der Waals surface area contributed by atoms with Crippen molar-refractivity contribution in [3.63, 3.8) is 0 Å². The van der Waals surface area contributed by atoms with Gasteiger partial charge in [-0.3, -0.25) is 4.79 Å². The zero-order chi connectivity index (χ0) is 10.3. The lowest BCUT2D eigenvalue weighted by molar-refractivity contribution is -0.121. The summed E-state index contributed by atoms with van der Waals surface area (Å²) in [5.41, 5.74) is 0.460. The van der Waals surface area contributed by atoms with E-state index in [1.165, 1.54) is 4.90 Å². The van der Waals surface area contributed by atoms with Crippen molar-refractivity contribution in [2.24, 2.45) is 0 Å². The second-order valence-corrected chi connectivity index (χ2v) is 3.81. The first kappa shape index (κ1) is 9.45. The zero-order valence-electron chi connectivity index (χ0n) is 7.38. The second-order valence-electron chi connectivity index (χ2n) is 2.95. The molecule has 5 heteroatoms. The summed E-state index contributed by atoms with van der Waals surface area (Å²) in [6.07, 6.45) is 0. The maximum atomic E-state index is 13.5. The van der Waals surface area contributed by atoms with Crippen molar-refractivity contribution >= 4 is 27.5 Å². The number of halogens is 2. The van der Waals surface area contributed by atoms with Gasteiger partial charge < -0.3 is 9.64 Å². The summed E-state index contributed by atoms with van der Waals surface area (Å²) in [4.78, 5) is 12.6. The fourth-order valence-electron chi connectivity index (χ4n) is 1.29. The number of amides is 1. The van der Waals surface area contributed by atoms with Crippen LogP contribution in [-0.4, -0.2) is 19.6 Å². The second kappa shape index (κ2) is 3.24. The van der Waals surface area contributed by atoms with Crippen molar-refractivity contribution in [1.82, 2.24) is 0 Å². The lowest BCUT2D eigenvalue weighted by Crippen LogP contribution is -2.35. The molecule has 14 heavy (non-hydrogen) atoms. The van der Waals surface area contributed by atoms with E-state index in [1.807, 2.05) is 0 Å². The maximum Gasteiger partial charge on any atom is 0.264 e. The highest BCUT2D eigenvalue weighted by Gasteiger charge is 2.25. The van der Waals surface area contributed by atoms with E-state index in [4.69, 9.17) is 4.74 Å². The molecule has 0 radical (unpaired) electrons. The largest absolute Gasteiger partial charge is 0.478 e. The number of hydrogen-bond acceptors (Lipinski definition) is 2. The van der Waals surface area contributed by atoms with E-state index in [0.717, 1.165) is 0 Å². The van der Waals surface area contributed by atoms with Gasteiger partial charge in [0.05, 0.1) is 10.2 Å². The Kier molecular flexibility index (Phi) is 2.19. The van der Waals surface area contributed by atoms with Crippen molar-refractivity contribution in [3.8, 4) is 5.75 Å². The Labute approximate surface area is 88.6 Å². The number of carbonyl (C=O) groups is 1. The molecule has 0 unspecified atom stereocenters. The van der Waals surface area contributed by atoms with E-state index in [-0.39, 0.29) is 18.3 Å². The number of hydrogen-bond donors (Lipinski definition) is 0. The summed E-state index contributed by atoms with van der Waals surface area (Å²) in [7, 11) is 1.59. The van der Waals surface area contributed by atoms with Crippen molar-refractivity contribution < 1.29 is 13.9 Å². The third kappa shape index (κ3) is 1.28. The van der Waals surface area contributed by atoms with Gasteiger partial charge in [0.15, 0.2) is 18.2 Å². The molecular formula is C9H7BrFNO2. The highest BCUT2D eigenvalue weighted by atomic mass is 79.9. The monoisotopic (exact) mass is 259 g/mol. The summed E-state index contributed by atoms with van der Waals surface area (Å²) in [6.45, 7) is -0.114. The topological polar surface area (TPSA) is 29.5 Å². The summed E-state index contributed by atoms with van der Waals surface area (Å²) in [5, 5.41) is 0. The van der Waals surface area contributed by atoms with Crippen LogP contribution < -0.4 is 9.64 Å². The number of likely N-dealkylation sites (N-methyl/N-ethyl adjacent to an activating group) is 1. The molecule has 1 amide bonds. The Balaban J connectivity index is 2.59. The molecule has 0 aliphatic carbocycles. The van der Waals surface area contributed by atoms with Crippen LogP contribution in [-0.2, 0) is 4.79 Å². The SMILES string of the molecule is CN1C(=O)COc2c1ccc(Br)c2F. The van der Waals surface area contributed by atoms with Gasteiger partial charge in [0, 0.05) is 7.05 Å². The molecule has 0 N–H and O–H groups in total. The number of benzene rings is 1. The molecule has 1 aliphatic heterocycles. The van der Waals surface area contributed by atoms with Crippen molar-refractivity contribution in [2.75, 3.05) is 18.6 Å². The summed E-state index contributed by atoms with van der Waals surface area (Å²) in [6, 6.07) is 3.19. The predicted molar refractivity (Wildman–Crippen MR) is 53.0 cm³/mol. The summed E-state index contributed by atoms with van der Waals surface area (Å²) in [5.74, 6) is -0.525. The third-order valence-electron chi connectivity index (χ3n) is 2.10. The average Bonchev–Trinajstić information content (AvgIpc) is 2.17. The van der Waals surface area contributed by atoms with Crippen LogP contribution in [0.25, 0.3) is 0 Å². The Hall–Kier alpha value is -1.10. The number of carbonyl (C=O) groups excluding carboxylic acids is 1. The normalized spacial score (nSPS) is 15.1. The van der Waals surface area contributed by atoms with E-state index in [2.05, 4.69) is 15.9 Å². The minimum absolute atomic E-state index is 0.114. The number of ether oxygens (including phenoxy) is 1. The Morgan fingerprint density at radius 1 is 1.57 bits per heavy atom. The molecule has 0 atom stereocenters. The Morgan fingerprint density at radius 3 is 3.00 bits per heavy atom. The number of rotatable bonds is 0. The van der Waals surface area contributed by atoms with Gasteiger partial charge >= 0.3 is 0 Å². The van der Waals surface area contributed by atoms with E-state index < -0.39 is 5.82 Å². The minimum Gasteiger partial charge on any atom is -0.478 e. The molecule has 2 rings (SSSR count). The van der Waals surface area contributed by atoms with Gasteiger partial charge in [-0.25, -0.2) is 4.39 Å². The molecule has 0 bridgehead atoms. The number of fused-ring (bicyclic) bond motifs is 1. The highest BCUT2D eigenvalue weighted by molar-refractivity contribution is 9.10. The molecule has 0 fully saturated rings. The average molecular weight is 260 g/mol. The molecule has 1 aromatic carbocycles. The third-order valence-corrected chi connectivity index (χ3v) is 2.72. The molecule has 1 aromatic rings. The molecule has 74 valence electrons. The van der Waals surface area contributed by atoms with Crippen LogP contribution in [0.2, 0.25) is 0 Å². The number of nitrogens with zero attached hydrogens (tertiary/aromatic N) is 1. The lowest BCUT2D eigenvalue weighted by Gasteiger charge is -2.26. The van der Waals surface area contributed by atoms with Gasteiger partial charge in [0.1, 0.15) is 0 Å². The zero-order valence-corrected chi connectivity index (χ0v) is 8.97. The first-order valence-corrected chi connectivity index (χ1v) is 4.78. The summed E-state index contributed by atoms with van der Waals surface area (Å²) < 4.78 is 18.8. The molecule has 0 saturated heterocycles. The van der Waals surface area contributed by atoms with Gasteiger partial charge in [-0.2, -0.15) is 0 Å². The highest BCUT2D eigenvalue weighted by Crippen LogP contribution is 2.37. The number of anilines is 1. The van der Waals surface area contributed by atoms with Crippen molar-refractivity contribution in [1.29, 1.82) is 0 Å². The molecule has 0 saturated carbocycles. The van der Waals surface area contributed by atoms with Crippen LogP contribution in [0.3, 0.4) is 0 Å². The van der Waals surface area contributed by atoms with E-state index in [1.54, 1.807) is 19.2 Å². The fourth-order valence-corrected chi connectivity index (χ4v) is 1.60. The van der Waals surface area contributed by atoms with Gasteiger partial charge in [0.2, 0.25) is 0 Å². The Morgan fingerprint density at radius 2 is 2.29 bits per heavy atom. The first-order chi connectivity index (χ1) is 6.61. The van der Waals surface area contributed by atoms with Crippen LogP contribution >= 0.6 is 15.9 Å². The van der Waals surface area contributed by atoms with Crippen LogP contribution in [0, 0.1) is 5.82 Å². The molecular weight excluding hydrogens is 253 g/mol. The smallest absolute Gasteiger partial charge is 0.264 e. The first-order valence-electron chi connectivity index (χ1n) is 3.98. The maximum absolute atomic E-state index is 13.5. The quantitative estimate of drug-likeness (QED) is 0.713. The van der Waals surface area contributed by atoms with Crippen LogP contribution in [0.5, 0.6) is 5.75 Å². The van der Waals surface area contributed by atoms with Gasteiger partial charge in [-0.1, -0.05) is 0 Å². The predicted octanol–water partition coefficient (Wildman–Crippen LogP) is 1.94. The standard InChI is InChI=1S/C9H7BrFNO2/c1-12-6-3-2-5(10)8(11)9(6)14-4-7(12)13/h2-3H,4H2,1H3. The van der Waals surface area contributed by atoms with Crippen molar-refractivity contribution in [2.45, 2.75) is 0 Å². The molecule has 1 heterocycles. The van der Waals surface area contributed by atoms with Crippen molar-refractivity contribution in [3.05, 3.63) is 22.4 Å². The Bertz CT molecular complexity index is 408. The van der Waals surface area contributed by atoms with Gasteiger partial charge in [0.25, 0.3) is 5.91 Å². The molecule has 3 nitrogen and oxygen atoms in total. The summed E-state index contributed by atoms with van der Waals surface area (Å²) >= 11 is 3.05. The van der Waals surface area contributed by atoms with Crippen LogP contribution in [0.15, 0.2) is 16.6 Å². The molecule has 0 aromatic heterocycles.